The predicted octanol–water partition coefficient (Wildman–Crippen LogP) is 4.18. The van der Waals surface area contributed by atoms with Crippen molar-refractivity contribution >= 4 is 23.3 Å². The summed E-state index contributed by atoms with van der Waals surface area (Å²) in [5, 5.41) is 15.0. The fourth-order valence-electron chi connectivity index (χ4n) is 3.69. The van der Waals surface area contributed by atoms with Crippen molar-refractivity contribution in [1.29, 1.82) is 0 Å². The second-order valence-corrected chi connectivity index (χ2v) is 7.29. The van der Waals surface area contributed by atoms with Crippen LogP contribution in [0.25, 0.3) is 5.76 Å². The third-order valence-electron chi connectivity index (χ3n) is 5.37. The van der Waals surface area contributed by atoms with Gasteiger partial charge in [-0.1, -0.05) is 36.3 Å². The molecule has 1 aliphatic rings. The van der Waals surface area contributed by atoms with Gasteiger partial charge in [-0.25, -0.2) is 0 Å². The molecule has 3 aromatic rings. The highest BCUT2D eigenvalue weighted by Crippen LogP contribution is 2.42. The minimum Gasteiger partial charge on any atom is -0.507 e. The van der Waals surface area contributed by atoms with Crippen molar-refractivity contribution in [2.45, 2.75) is 26.3 Å². The minimum absolute atomic E-state index is 0.0000633. The molecule has 1 fully saturated rings. The molecule has 1 aliphatic heterocycles. The molecule has 1 amide bonds. The van der Waals surface area contributed by atoms with Crippen LogP contribution in [0.2, 0.25) is 0 Å². The molecule has 2 aromatic carbocycles. The van der Waals surface area contributed by atoms with Crippen molar-refractivity contribution in [3.05, 3.63) is 82.6 Å². The summed E-state index contributed by atoms with van der Waals surface area (Å²) in [5.41, 5.74) is 2.21. The first-order valence-corrected chi connectivity index (χ1v) is 9.92. The van der Waals surface area contributed by atoms with Gasteiger partial charge in [-0.15, -0.1) is 0 Å². The fourth-order valence-corrected chi connectivity index (χ4v) is 3.69. The monoisotopic (exact) mass is 418 g/mol. The minimum atomic E-state index is -0.836. The molecule has 0 radical (unpaired) electrons. The molecule has 31 heavy (non-hydrogen) atoms. The molecule has 7 nitrogen and oxygen atoms in total. The number of aliphatic hydroxyl groups excluding tert-OH is 1. The van der Waals surface area contributed by atoms with E-state index in [-0.39, 0.29) is 17.2 Å². The fraction of sp³-hybridized carbons (Fsp3) is 0.208. The number of carbonyl (C=O) groups is 2. The lowest BCUT2D eigenvalue weighted by atomic mass is 9.94. The molecule has 2 heterocycles. The molecule has 0 spiro atoms. The molecule has 158 valence electrons. The van der Waals surface area contributed by atoms with E-state index in [1.807, 2.05) is 31.2 Å². The van der Waals surface area contributed by atoms with E-state index in [1.165, 1.54) is 4.90 Å². The van der Waals surface area contributed by atoms with Gasteiger partial charge >= 0.3 is 5.91 Å². The summed E-state index contributed by atoms with van der Waals surface area (Å²) in [6.07, 6.45) is 0.856. The van der Waals surface area contributed by atoms with Crippen LogP contribution in [-0.2, 0) is 16.0 Å². The molecule has 1 aromatic heterocycles. The predicted molar refractivity (Wildman–Crippen MR) is 115 cm³/mol. The Morgan fingerprint density at radius 1 is 1.13 bits per heavy atom. The van der Waals surface area contributed by atoms with Gasteiger partial charge in [-0.3, -0.25) is 14.5 Å². The first-order valence-electron chi connectivity index (χ1n) is 9.92. The maximum Gasteiger partial charge on any atom is 0.301 e. The van der Waals surface area contributed by atoms with Gasteiger partial charge in [0.1, 0.15) is 17.3 Å². The summed E-state index contributed by atoms with van der Waals surface area (Å²) in [6.45, 7) is 3.75. The van der Waals surface area contributed by atoms with Gasteiger partial charge in [-0.05, 0) is 48.7 Å². The summed E-state index contributed by atoms with van der Waals surface area (Å²) >= 11 is 0. The zero-order chi connectivity index (χ0) is 22.1. The van der Waals surface area contributed by atoms with E-state index >= 15 is 0 Å². The third-order valence-corrected chi connectivity index (χ3v) is 5.37. The molecule has 0 saturated carbocycles. The number of hydrogen-bond donors (Lipinski definition) is 1. The van der Waals surface area contributed by atoms with E-state index < -0.39 is 17.7 Å². The SMILES string of the molecule is CCc1ccc(C2/C(=C(/O)c3ccc(OC)cc3)C(=O)C(=O)N2c2cc(C)on2)cc1. The van der Waals surface area contributed by atoms with Crippen LogP contribution in [0.3, 0.4) is 0 Å². The maximum atomic E-state index is 13.0. The molecule has 0 bridgehead atoms. The van der Waals surface area contributed by atoms with Crippen LogP contribution in [0, 0.1) is 6.92 Å². The molecular formula is C24H22N2O5. The standard InChI is InChI=1S/C24H22N2O5/c1-4-15-5-7-16(8-6-15)21-20(22(27)17-9-11-18(30-3)12-10-17)23(28)24(29)26(21)19-13-14(2)31-25-19/h5-13,21,27H,4H2,1-3H3/b22-20-. The first-order chi connectivity index (χ1) is 14.9. The number of nitrogens with zero attached hydrogens (tertiary/aromatic N) is 2. The van der Waals surface area contributed by atoms with Crippen molar-refractivity contribution in [2.24, 2.45) is 0 Å². The maximum absolute atomic E-state index is 13.0. The van der Waals surface area contributed by atoms with Crippen LogP contribution in [0.4, 0.5) is 5.82 Å². The Balaban J connectivity index is 1.90. The second-order valence-electron chi connectivity index (χ2n) is 7.29. The average Bonchev–Trinajstić information content (AvgIpc) is 3.34. The number of amides is 1. The largest absolute Gasteiger partial charge is 0.507 e. The van der Waals surface area contributed by atoms with E-state index in [9.17, 15) is 14.7 Å². The number of aryl methyl sites for hydroxylation is 2. The highest BCUT2D eigenvalue weighted by molar-refractivity contribution is 6.51. The molecule has 1 atom stereocenters. The highest BCUT2D eigenvalue weighted by atomic mass is 16.5. The Kier molecular flexibility index (Phi) is 5.33. The van der Waals surface area contributed by atoms with E-state index in [2.05, 4.69) is 5.16 Å². The number of methoxy groups -OCH3 is 1. The lowest BCUT2D eigenvalue weighted by Gasteiger charge is -2.23. The number of rotatable bonds is 5. The second kappa shape index (κ2) is 8.10. The number of aromatic nitrogens is 1. The number of anilines is 1. The first kappa shape index (κ1) is 20.4. The number of ether oxygens (including phenoxy) is 1. The number of benzene rings is 2. The molecular weight excluding hydrogens is 396 g/mol. The topological polar surface area (TPSA) is 92.9 Å². The normalized spacial score (nSPS) is 17.9. The lowest BCUT2D eigenvalue weighted by Crippen LogP contribution is -2.29. The third kappa shape index (κ3) is 3.59. The van der Waals surface area contributed by atoms with Crippen LogP contribution in [0.15, 0.2) is 64.7 Å². The van der Waals surface area contributed by atoms with E-state index in [0.717, 1.165) is 12.0 Å². The van der Waals surface area contributed by atoms with Crippen molar-refractivity contribution < 1.29 is 24.0 Å². The van der Waals surface area contributed by atoms with Crippen molar-refractivity contribution in [3.63, 3.8) is 0 Å². The van der Waals surface area contributed by atoms with Crippen LogP contribution in [0.5, 0.6) is 5.75 Å². The van der Waals surface area contributed by atoms with Gasteiger partial charge in [0.25, 0.3) is 5.78 Å². The summed E-state index contributed by atoms with van der Waals surface area (Å²) in [6, 6.07) is 15.0. The Hall–Kier alpha value is -3.87. The molecule has 4 rings (SSSR count). The van der Waals surface area contributed by atoms with E-state index in [4.69, 9.17) is 9.26 Å². The van der Waals surface area contributed by atoms with Crippen LogP contribution < -0.4 is 9.64 Å². The quantitative estimate of drug-likeness (QED) is 0.380. The highest BCUT2D eigenvalue weighted by Gasteiger charge is 2.48. The Labute approximate surface area is 179 Å². The van der Waals surface area contributed by atoms with E-state index in [0.29, 0.717) is 22.6 Å². The summed E-state index contributed by atoms with van der Waals surface area (Å²) < 4.78 is 10.3. The zero-order valence-corrected chi connectivity index (χ0v) is 17.5. The van der Waals surface area contributed by atoms with Crippen molar-refractivity contribution in [3.8, 4) is 5.75 Å². The number of Topliss-reactive ketones (excluding diaryl/α,β-unsaturated/α-hetero) is 1. The van der Waals surface area contributed by atoms with Crippen LogP contribution >= 0.6 is 0 Å². The summed E-state index contributed by atoms with van der Waals surface area (Å²) in [7, 11) is 1.54. The molecule has 1 saturated heterocycles. The van der Waals surface area contributed by atoms with Gasteiger partial charge in [0.05, 0.1) is 18.7 Å². The molecule has 1 N–H and O–H groups in total. The number of ketones is 1. The van der Waals surface area contributed by atoms with Gasteiger partial charge in [0, 0.05) is 11.6 Å². The Morgan fingerprint density at radius 3 is 2.35 bits per heavy atom. The number of aliphatic hydroxyl groups is 1. The van der Waals surface area contributed by atoms with Crippen molar-refractivity contribution in [1.82, 2.24) is 5.16 Å². The average molecular weight is 418 g/mol. The van der Waals surface area contributed by atoms with Crippen molar-refractivity contribution in [2.75, 3.05) is 12.0 Å². The Bertz CT molecular complexity index is 1160. The molecule has 7 heteroatoms. The van der Waals surface area contributed by atoms with Gasteiger partial charge in [0.15, 0.2) is 5.82 Å². The van der Waals surface area contributed by atoms with Gasteiger partial charge in [0.2, 0.25) is 0 Å². The smallest absolute Gasteiger partial charge is 0.301 e. The number of hydrogen-bond acceptors (Lipinski definition) is 6. The Morgan fingerprint density at radius 2 is 1.81 bits per heavy atom. The van der Waals surface area contributed by atoms with E-state index in [1.54, 1.807) is 44.4 Å². The van der Waals surface area contributed by atoms with Gasteiger partial charge < -0.3 is 14.4 Å². The number of carbonyl (C=O) groups excluding carboxylic acids is 2. The van der Waals surface area contributed by atoms with Gasteiger partial charge in [-0.2, -0.15) is 0 Å². The van der Waals surface area contributed by atoms with Crippen LogP contribution in [0.1, 0.15) is 35.4 Å². The zero-order valence-electron chi connectivity index (χ0n) is 17.5. The van der Waals surface area contributed by atoms with Crippen LogP contribution in [-0.4, -0.2) is 29.1 Å². The summed E-state index contributed by atoms with van der Waals surface area (Å²) in [5.74, 6) is -0.466. The molecule has 0 aliphatic carbocycles. The lowest BCUT2D eigenvalue weighted by molar-refractivity contribution is -0.132. The molecule has 1 unspecified atom stereocenters. The summed E-state index contributed by atoms with van der Waals surface area (Å²) in [4.78, 5) is 27.3.